The van der Waals surface area contributed by atoms with Crippen molar-refractivity contribution in [2.24, 2.45) is 0 Å². The molecule has 2 aromatic carbocycles. The number of hydrogen-bond donors (Lipinski definition) is 3. The number of ether oxygens (including phenoxy) is 1. The van der Waals surface area contributed by atoms with Gasteiger partial charge in [-0.3, -0.25) is 0 Å². The largest absolute Gasteiger partial charge is 0.483 e. The third kappa shape index (κ3) is 2.41. The zero-order valence-corrected chi connectivity index (χ0v) is 10.8. The van der Waals surface area contributed by atoms with Crippen LogP contribution in [-0.2, 0) is 6.42 Å². The van der Waals surface area contributed by atoms with Crippen LogP contribution < -0.4 is 4.74 Å². The van der Waals surface area contributed by atoms with Gasteiger partial charge in [0, 0.05) is 12.0 Å². The summed E-state index contributed by atoms with van der Waals surface area (Å²) in [6, 6.07) is 14.4. The highest BCUT2D eigenvalue weighted by atomic mass is 16.5. The van der Waals surface area contributed by atoms with Crippen molar-refractivity contribution in [2.75, 3.05) is 0 Å². The summed E-state index contributed by atoms with van der Waals surface area (Å²) in [4.78, 5) is 0. The molecule has 0 aromatic heterocycles. The molecule has 0 aliphatic carbocycles. The van der Waals surface area contributed by atoms with Crippen molar-refractivity contribution in [1.29, 1.82) is 0 Å². The molecule has 2 unspecified atom stereocenters. The van der Waals surface area contributed by atoms with Gasteiger partial charge in [0.25, 0.3) is 0 Å². The molecule has 2 atom stereocenters. The standard InChI is InChI=1S/C16H16O4/c17-13-9-12-3-1-2-4-14(12)20-15(13)10-5-7-11(8-6-10)16(18)19/h1-8,13,15-19H,9H2. The highest BCUT2D eigenvalue weighted by Gasteiger charge is 2.29. The molecule has 104 valence electrons. The Morgan fingerprint density at radius 2 is 1.70 bits per heavy atom. The molecule has 4 nitrogen and oxygen atoms in total. The van der Waals surface area contributed by atoms with Crippen molar-refractivity contribution in [3.63, 3.8) is 0 Å². The third-order valence-electron chi connectivity index (χ3n) is 3.57. The summed E-state index contributed by atoms with van der Waals surface area (Å²) < 4.78 is 5.86. The van der Waals surface area contributed by atoms with Crippen LogP contribution in [0.15, 0.2) is 48.5 Å². The van der Waals surface area contributed by atoms with E-state index >= 15 is 0 Å². The Morgan fingerprint density at radius 1 is 1.00 bits per heavy atom. The van der Waals surface area contributed by atoms with E-state index in [4.69, 9.17) is 14.9 Å². The van der Waals surface area contributed by atoms with Gasteiger partial charge in [-0.15, -0.1) is 0 Å². The minimum Gasteiger partial charge on any atom is -0.483 e. The van der Waals surface area contributed by atoms with Gasteiger partial charge in [0.15, 0.2) is 6.29 Å². The quantitative estimate of drug-likeness (QED) is 0.728. The van der Waals surface area contributed by atoms with Gasteiger partial charge in [-0.25, -0.2) is 0 Å². The van der Waals surface area contributed by atoms with Crippen LogP contribution in [0.4, 0.5) is 0 Å². The Balaban J connectivity index is 1.87. The number of aliphatic hydroxyl groups excluding tert-OH is 2. The second-order valence-corrected chi connectivity index (χ2v) is 4.96. The molecule has 0 bridgehead atoms. The summed E-state index contributed by atoms with van der Waals surface area (Å²) in [5.41, 5.74) is 2.23. The fourth-order valence-corrected chi connectivity index (χ4v) is 2.48. The van der Waals surface area contributed by atoms with Crippen molar-refractivity contribution in [1.82, 2.24) is 0 Å². The van der Waals surface area contributed by atoms with E-state index in [0.717, 1.165) is 16.9 Å². The predicted molar refractivity (Wildman–Crippen MR) is 73.1 cm³/mol. The van der Waals surface area contributed by atoms with Crippen LogP contribution in [0.2, 0.25) is 0 Å². The predicted octanol–water partition coefficient (Wildman–Crippen LogP) is 1.71. The van der Waals surface area contributed by atoms with Crippen LogP contribution in [0, 0.1) is 0 Å². The van der Waals surface area contributed by atoms with Crippen molar-refractivity contribution < 1.29 is 20.1 Å². The Labute approximate surface area is 116 Å². The molecule has 2 aromatic rings. The van der Waals surface area contributed by atoms with Gasteiger partial charge in [-0.2, -0.15) is 0 Å². The van der Waals surface area contributed by atoms with E-state index in [0.29, 0.717) is 12.0 Å². The van der Waals surface area contributed by atoms with Crippen LogP contribution in [0.25, 0.3) is 0 Å². The SMILES string of the molecule is OC(O)c1ccc(C2Oc3ccccc3CC2O)cc1. The molecule has 0 spiro atoms. The van der Waals surface area contributed by atoms with E-state index in [1.54, 1.807) is 24.3 Å². The van der Waals surface area contributed by atoms with Gasteiger partial charge >= 0.3 is 0 Å². The average Bonchev–Trinajstić information content (AvgIpc) is 2.46. The molecule has 0 saturated heterocycles. The fraction of sp³-hybridized carbons (Fsp3) is 0.250. The van der Waals surface area contributed by atoms with Crippen molar-refractivity contribution >= 4 is 0 Å². The van der Waals surface area contributed by atoms with Crippen molar-refractivity contribution in [3.8, 4) is 5.75 Å². The fourth-order valence-electron chi connectivity index (χ4n) is 2.48. The lowest BCUT2D eigenvalue weighted by Gasteiger charge is -2.31. The first-order valence-electron chi connectivity index (χ1n) is 6.54. The lowest BCUT2D eigenvalue weighted by molar-refractivity contribution is -0.0425. The van der Waals surface area contributed by atoms with E-state index in [9.17, 15) is 5.11 Å². The van der Waals surface area contributed by atoms with E-state index in [-0.39, 0.29) is 0 Å². The van der Waals surface area contributed by atoms with Crippen LogP contribution in [0.5, 0.6) is 5.75 Å². The number of fused-ring (bicyclic) bond motifs is 1. The Kier molecular flexibility index (Phi) is 3.44. The van der Waals surface area contributed by atoms with Gasteiger partial charge in [0.2, 0.25) is 0 Å². The molecular weight excluding hydrogens is 256 g/mol. The molecule has 1 aliphatic heterocycles. The maximum Gasteiger partial charge on any atom is 0.178 e. The maximum atomic E-state index is 10.2. The molecule has 3 N–H and O–H groups in total. The summed E-state index contributed by atoms with van der Waals surface area (Å²) in [6.45, 7) is 0. The van der Waals surface area contributed by atoms with Gasteiger partial charge < -0.3 is 20.1 Å². The van der Waals surface area contributed by atoms with Crippen LogP contribution in [-0.4, -0.2) is 21.4 Å². The molecule has 0 amide bonds. The number of benzene rings is 2. The first kappa shape index (κ1) is 13.1. The van der Waals surface area contributed by atoms with Gasteiger partial charge in [-0.05, 0) is 17.2 Å². The highest BCUT2D eigenvalue weighted by molar-refractivity contribution is 5.38. The number of rotatable bonds is 2. The first-order valence-corrected chi connectivity index (χ1v) is 6.54. The summed E-state index contributed by atoms with van der Waals surface area (Å²) in [6.07, 6.45) is -1.99. The van der Waals surface area contributed by atoms with Crippen molar-refractivity contribution in [2.45, 2.75) is 24.9 Å². The molecule has 20 heavy (non-hydrogen) atoms. The van der Waals surface area contributed by atoms with E-state index in [1.807, 2.05) is 24.3 Å². The average molecular weight is 272 g/mol. The van der Waals surface area contributed by atoms with Gasteiger partial charge in [0.1, 0.15) is 11.9 Å². The summed E-state index contributed by atoms with van der Waals surface area (Å²) in [5, 5.41) is 28.4. The number of aliphatic hydroxyl groups is 3. The van der Waals surface area contributed by atoms with Crippen LogP contribution in [0.3, 0.4) is 0 Å². The number of para-hydroxylation sites is 1. The second-order valence-electron chi connectivity index (χ2n) is 4.96. The van der Waals surface area contributed by atoms with Crippen LogP contribution in [0.1, 0.15) is 29.1 Å². The summed E-state index contributed by atoms with van der Waals surface area (Å²) in [5.74, 6) is 0.786. The van der Waals surface area contributed by atoms with Gasteiger partial charge in [0.05, 0.1) is 6.10 Å². The van der Waals surface area contributed by atoms with E-state index in [2.05, 4.69) is 0 Å². The molecule has 3 rings (SSSR count). The number of hydrogen-bond acceptors (Lipinski definition) is 4. The summed E-state index contributed by atoms with van der Waals surface area (Å²) >= 11 is 0. The topological polar surface area (TPSA) is 69.9 Å². The molecular formula is C16H16O4. The Morgan fingerprint density at radius 3 is 2.40 bits per heavy atom. The van der Waals surface area contributed by atoms with E-state index < -0.39 is 18.5 Å². The molecule has 0 radical (unpaired) electrons. The monoisotopic (exact) mass is 272 g/mol. The molecule has 1 aliphatic rings. The van der Waals surface area contributed by atoms with Gasteiger partial charge in [-0.1, -0.05) is 42.5 Å². The smallest absolute Gasteiger partial charge is 0.178 e. The minimum atomic E-state index is -1.48. The molecule has 4 heteroatoms. The highest BCUT2D eigenvalue weighted by Crippen LogP contribution is 2.35. The lowest BCUT2D eigenvalue weighted by Crippen LogP contribution is -2.30. The van der Waals surface area contributed by atoms with Crippen molar-refractivity contribution in [3.05, 3.63) is 65.2 Å². The third-order valence-corrected chi connectivity index (χ3v) is 3.57. The van der Waals surface area contributed by atoms with Crippen LogP contribution >= 0.6 is 0 Å². The normalized spacial score (nSPS) is 21.4. The Hall–Kier alpha value is -1.88. The zero-order chi connectivity index (χ0) is 14.1. The first-order chi connectivity index (χ1) is 9.65. The van der Waals surface area contributed by atoms with E-state index in [1.165, 1.54) is 0 Å². The second kappa shape index (κ2) is 5.25. The molecule has 0 fully saturated rings. The maximum absolute atomic E-state index is 10.2. The Bertz CT molecular complexity index is 592. The molecule has 1 heterocycles. The minimum absolute atomic E-state index is 0.416. The molecule has 0 saturated carbocycles. The zero-order valence-electron chi connectivity index (χ0n) is 10.8. The lowest BCUT2D eigenvalue weighted by atomic mass is 9.94. The summed E-state index contributed by atoms with van der Waals surface area (Å²) in [7, 11) is 0.